The van der Waals surface area contributed by atoms with Crippen LogP contribution in [0.2, 0.25) is 0 Å². The van der Waals surface area contributed by atoms with E-state index >= 15 is 0 Å². The van der Waals surface area contributed by atoms with E-state index in [0.717, 1.165) is 12.8 Å². The van der Waals surface area contributed by atoms with Crippen molar-refractivity contribution in [3.63, 3.8) is 0 Å². The number of hydrogen-bond donors (Lipinski definition) is 0. The third kappa shape index (κ3) is 2.01. The van der Waals surface area contributed by atoms with Crippen LogP contribution < -0.4 is 0 Å². The van der Waals surface area contributed by atoms with Gasteiger partial charge in [0.05, 0.1) is 0 Å². The fraction of sp³-hybridized carbons (Fsp3) is 0.667. The van der Waals surface area contributed by atoms with Crippen molar-refractivity contribution in [2.24, 2.45) is 0 Å². The smallest absolute Gasteiger partial charge is 0.334 e. The quantitative estimate of drug-likeness (QED) is 0.502. The molecule has 1 aliphatic heterocycles. The zero-order chi connectivity index (χ0) is 9.19. The van der Waals surface area contributed by atoms with Crippen molar-refractivity contribution >= 4 is 17.6 Å². The minimum atomic E-state index is -0.407. The lowest BCUT2D eigenvalue weighted by molar-refractivity contribution is -0.145. The minimum absolute atomic E-state index is 0.202. The molecule has 0 bridgehead atoms. The fourth-order valence-corrected chi connectivity index (χ4v) is 1.51. The third-order valence-corrected chi connectivity index (χ3v) is 2.24. The highest BCUT2D eigenvalue weighted by Crippen LogP contribution is 2.28. The van der Waals surface area contributed by atoms with Gasteiger partial charge >= 0.3 is 5.97 Å². The van der Waals surface area contributed by atoms with E-state index in [-0.39, 0.29) is 5.97 Å². The summed E-state index contributed by atoms with van der Waals surface area (Å²) in [6, 6.07) is 0. The summed E-state index contributed by atoms with van der Waals surface area (Å²) in [5, 5.41) is 0. The molecule has 0 fully saturated rings. The maximum absolute atomic E-state index is 11.0. The predicted molar refractivity (Wildman–Crippen MR) is 48.2 cm³/mol. The first-order valence-corrected chi connectivity index (χ1v) is 4.60. The molecule has 12 heavy (non-hydrogen) atoms. The van der Waals surface area contributed by atoms with Gasteiger partial charge in [-0.1, -0.05) is 0 Å². The van der Waals surface area contributed by atoms with Gasteiger partial charge in [-0.3, -0.25) is 0 Å². The van der Waals surface area contributed by atoms with Crippen LogP contribution in [0.1, 0.15) is 26.7 Å². The lowest BCUT2D eigenvalue weighted by atomic mass is 10.00. The van der Waals surface area contributed by atoms with Crippen molar-refractivity contribution in [3.05, 3.63) is 11.6 Å². The van der Waals surface area contributed by atoms with Crippen LogP contribution in [-0.4, -0.2) is 17.5 Å². The van der Waals surface area contributed by atoms with E-state index in [1.807, 2.05) is 13.0 Å². The molecule has 1 aliphatic rings. The molecule has 1 atom stereocenters. The molecule has 0 aliphatic carbocycles. The van der Waals surface area contributed by atoms with Crippen LogP contribution in [0.3, 0.4) is 0 Å². The van der Waals surface area contributed by atoms with E-state index in [9.17, 15) is 4.79 Å². The van der Waals surface area contributed by atoms with Gasteiger partial charge in [-0.2, -0.15) is 0 Å². The average molecular weight is 189 g/mol. The second kappa shape index (κ2) is 3.48. The summed E-state index contributed by atoms with van der Waals surface area (Å²) in [7, 11) is 0. The van der Waals surface area contributed by atoms with Gasteiger partial charge in [-0.25, -0.2) is 4.79 Å². The lowest BCUT2D eigenvalue weighted by Crippen LogP contribution is -2.23. The van der Waals surface area contributed by atoms with E-state index in [1.165, 1.54) is 0 Å². The summed E-state index contributed by atoms with van der Waals surface area (Å²) in [6.07, 6.45) is 3.55. The molecule has 0 amide bonds. The molecule has 0 aromatic rings. The monoisotopic (exact) mass is 188 g/mol. The van der Waals surface area contributed by atoms with Gasteiger partial charge in [0.15, 0.2) is 0 Å². The molecule has 2 nitrogen and oxygen atoms in total. The van der Waals surface area contributed by atoms with Gasteiger partial charge in [0.25, 0.3) is 0 Å². The number of alkyl halides is 1. The Bertz CT molecular complexity index is 223. The summed E-state index contributed by atoms with van der Waals surface area (Å²) in [5.41, 5.74) is 0.294. The molecule has 0 aromatic heterocycles. The Kier molecular flexibility index (Phi) is 2.78. The standard InChI is InChI=1S/C9H13ClO2/c1-7-6-9(2,4-3-5-10)12-8(7)11/h6H,3-5H2,1-2H3. The van der Waals surface area contributed by atoms with Crippen molar-refractivity contribution in [1.29, 1.82) is 0 Å². The number of rotatable bonds is 3. The Morgan fingerprint density at radius 1 is 1.67 bits per heavy atom. The normalized spacial score (nSPS) is 28.6. The first-order chi connectivity index (χ1) is 5.57. The van der Waals surface area contributed by atoms with Crippen LogP contribution in [0, 0.1) is 0 Å². The van der Waals surface area contributed by atoms with E-state index in [0.29, 0.717) is 11.5 Å². The van der Waals surface area contributed by atoms with Crippen molar-refractivity contribution in [1.82, 2.24) is 0 Å². The number of carbonyl (C=O) groups is 1. The molecule has 0 N–H and O–H groups in total. The highest BCUT2D eigenvalue weighted by molar-refractivity contribution is 6.17. The molecular formula is C9H13ClO2. The fourth-order valence-electron chi connectivity index (χ4n) is 1.38. The molecule has 0 aromatic carbocycles. The number of cyclic esters (lactones) is 1. The zero-order valence-corrected chi connectivity index (χ0v) is 8.15. The average Bonchev–Trinajstić information content (AvgIpc) is 2.24. The number of ether oxygens (including phenoxy) is 1. The third-order valence-electron chi connectivity index (χ3n) is 1.98. The Morgan fingerprint density at radius 3 is 2.75 bits per heavy atom. The number of carbonyl (C=O) groups excluding carboxylic acids is 1. The highest BCUT2D eigenvalue weighted by atomic mass is 35.5. The van der Waals surface area contributed by atoms with Crippen LogP contribution in [0.15, 0.2) is 11.6 Å². The lowest BCUT2D eigenvalue weighted by Gasteiger charge is -2.20. The maximum atomic E-state index is 11.0. The van der Waals surface area contributed by atoms with E-state index < -0.39 is 5.60 Å². The van der Waals surface area contributed by atoms with Gasteiger partial charge in [0.1, 0.15) is 5.60 Å². The van der Waals surface area contributed by atoms with Crippen molar-refractivity contribution in [2.45, 2.75) is 32.3 Å². The van der Waals surface area contributed by atoms with Crippen LogP contribution in [0.5, 0.6) is 0 Å². The Balaban J connectivity index is 2.58. The molecule has 3 heteroatoms. The first-order valence-electron chi connectivity index (χ1n) is 4.06. The van der Waals surface area contributed by atoms with Gasteiger partial charge in [0, 0.05) is 11.5 Å². The molecular weight excluding hydrogens is 176 g/mol. The van der Waals surface area contributed by atoms with Crippen LogP contribution in [0.4, 0.5) is 0 Å². The SMILES string of the molecule is CC1=CC(C)(CCCCl)OC1=O. The van der Waals surface area contributed by atoms with E-state index in [2.05, 4.69) is 0 Å². The van der Waals surface area contributed by atoms with Gasteiger partial charge in [-0.15, -0.1) is 11.6 Å². The van der Waals surface area contributed by atoms with E-state index in [1.54, 1.807) is 6.92 Å². The second-order valence-corrected chi connectivity index (χ2v) is 3.70. The molecule has 1 heterocycles. The Hall–Kier alpha value is -0.500. The van der Waals surface area contributed by atoms with Crippen molar-refractivity contribution in [2.75, 3.05) is 5.88 Å². The number of esters is 1. The summed E-state index contributed by atoms with van der Waals surface area (Å²) in [6.45, 7) is 3.68. The number of hydrogen-bond acceptors (Lipinski definition) is 2. The maximum Gasteiger partial charge on any atom is 0.334 e. The van der Waals surface area contributed by atoms with Gasteiger partial charge in [0.2, 0.25) is 0 Å². The first kappa shape index (κ1) is 9.59. The van der Waals surface area contributed by atoms with E-state index in [4.69, 9.17) is 16.3 Å². The minimum Gasteiger partial charge on any atom is -0.452 e. The summed E-state index contributed by atoms with van der Waals surface area (Å²) < 4.78 is 5.17. The molecule has 0 spiro atoms. The van der Waals surface area contributed by atoms with Crippen molar-refractivity contribution < 1.29 is 9.53 Å². The zero-order valence-electron chi connectivity index (χ0n) is 7.39. The predicted octanol–water partition coefficient (Wildman–Crippen LogP) is 2.27. The van der Waals surface area contributed by atoms with Crippen LogP contribution >= 0.6 is 11.6 Å². The molecule has 68 valence electrons. The van der Waals surface area contributed by atoms with Gasteiger partial charge in [-0.05, 0) is 32.8 Å². The van der Waals surface area contributed by atoms with Crippen LogP contribution in [0.25, 0.3) is 0 Å². The summed E-state index contributed by atoms with van der Waals surface area (Å²) in [4.78, 5) is 11.0. The number of halogens is 1. The van der Waals surface area contributed by atoms with Gasteiger partial charge < -0.3 is 4.74 Å². The molecule has 1 unspecified atom stereocenters. The summed E-state index contributed by atoms with van der Waals surface area (Å²) in [5.74, 6) is 0.409. The Labute approximate surface area is 77.5 Å². The molecule has 0 radical (unpaired) electrons. The van der Waals surface area contributed by atoms with Crippen molar-refractivity contribution in [3.8, 4) is 0 Å². The topological polar surface area (TPSA) is 26.3 Å². The summed E-state index contributed by atoms with van der Waals surface area (Å²) >= 11 is 5.55. The largest absolute Gasteiger partial charge is 0.452 e. The second-order valence-electron chi connectivity index (χ2n) is 3.32. The van der Waals surface area contributed by atoms with Crippen LogP contribution in [-0.2, 0) is 9.53 Å². The molecule has 0 saturated heterocycles. The Morgan fingerprint density at radius 2 is 2.33 bits per heavy atom. The molecule has 0 saturated carbocycles. The molecule has 1 rings (SSSR count). The highest BCUT2D eigenvalue weighted by Gasteiger charge is 2.32.